The van der Waals surface area contributed by atoms with Crippen LogP contribution in [0.1, 0.15) is 12.0 Å². The van der Waals surface area contributed by atoms with Gasteiger partial charge in [-0.3, -0.25) is 4.79 Å². The van der Waals surface area contributed by atoms with Crippen molar-refractivity contribution in [1.29, 1.82) is 0 Å². The van der Waals surface area contributed by atoms with Crippen LogP contribution in [0.5, 0.6) is 23.0 Å². The molecule has 42 heavy (non-hydrogen) atoms. The van der Waals surface area contributed by atoms with Gasteiger partial charge < -0.3 is 34.3 Å². The Labute approximate surface area is 246 Å². The fraction of sp³-hybridized carbons (Fsp3) is 0.233. The Morgan fingerprint density at radius 1 is 1.05 bits per heavy atom. The van der Waals surface area contributed by atoms with Crippen LogP contribution in [0.3, 0.4) is 0 Å². The van der Waals surface area contributed by atoms with Gasteiger partial charge in [-0.1, -0.05) is 11.6 Å². The number of fused-ring (bicyclic) bond motifs is 1. The molecule has 1 aromatic heterocycles. The smallest absolute Gasteiger partial charge is 0.248 e. The van der Waals surface area contributed by atoms with E-state index in [0.29, 0.717) is 76.3 Å². The summed E-state index contributed by atoms with van der Waals surface area (Å²) in [4.78, 5) is 21.9. The SMILES string of the molecule is COc1ccc(C=CC(=O)Nc2cc3c(Nc4ccc(F)c(Cl)c4)ncnc3cc2OC2CCOC2)c(OC)c1OC. The Bertz CT molecular complexity index is 1640. The summed E-state index contributed by atoms with van der Waals surface area (Å²) >= 11 is 5.96. The lowest BCUT2D eigenvalue weighted by atomic mass is 10.1. The first-order valence-corrected chi connectivity index (χ1v) is 13.3. The third-order valence-electron chi connectivity index (χ3n) is 6.51. The van der Waals surface area contributed by atoms with Crippen LogP contribution in [-0.2, 0) is 9.53 Å². The minimum absolute atomic E-state index is 0.0290. The molecule has 1 unspecified atom stereocenters. The molecule has 0 bridgehead atoms. The molecular weight excluding hydrogens is 567 g/mol. The summed E-state index contributed by atoms with van der Waals surface area (Å²) in [7, 11) is 4.55. The van der Waals surface area contributed by atoms with E-state index in [-0.39, 0.29) is 11.1 Å². The van der Waals surface area contributed by atoms with Gasteiger partial charge in [-0.15, -0.1) is 0 Å². The number of methoxy groups -OCH3 is 3. The van der Waals surface area contributed by atoms with E-state index >= 15 is 0 Å². The lowest BCUT2D eigenvalue weighted by Gasteiger charge is -2.18. The zero-order valence-corrected chi connectivity index (χ0v) is 23.8. The summed E-state index contributed by atoms with van der Waals surface area (Å²) < 4.78 is 41.6. The summed E-state index contributed by atoms with van der Waals surface area (Å²) in [6.07, 6.45) is 4.92. The molecule has 3 aromatic carbocycles. The Morgan fingerprint density at radius 2 is 1.88 bits per heavy atom. The number of carbonyl (C=O) groups excluding carboxylic acids is 1. The number of anilines is 3. The average molecular weight is 595 g/mol. The molecule has 0 saturated carbocycles. The maximum absolute atomic E-state index is 13.7. The van der Waals surface area contributed by atoms with Gasteiger partial charge in [0.2, 0.25) is 11.7 Å². The second kappa shape index (κ2) is 12.9. The zero-order chi connectivity index (χ0) is 29.6. The number of amides is 1. The number of halogens is 2. The molecule has 2 N–H and O–H groups in total. The summed E-state index contributed by atoms with van der Waals surface area (Å²) in [6.45, 7) is 1.03. The van der Waals surface area contributed by atoms with E-state index in [1.165, 1.54) is 45.9 Å². The van der Waals surface area contributed by atoms with Crippen molar-refractivity contribution in [2.45, 2.75) is 12.5 Å². The predicted octanol–water partition coefficient (Wildman–Crippen LogP) is 6.01. The lowest BCUT2D eigenvalue weighted by Crippen LogP contribution is -2.18. The molecule has 218 valence electrons. The van der Waals surface area contributed by atoms with E-state index in [2.05, 4.69) is 20.6 Å². The summed E-state index contributed by atoms with van der Waals surface area (Å²) in [5.41, 5.74) is 2.11. The van der Waals surface area contributed by atoms with Crippen molar-refractivity contribution in [2.75, 3.05) is 45.2 Å². The molecule has 12 heteroatoms. The van der Waals surface area contributed by atoms with E-state index in [9.17, 15) is 9.18 Å². The predicted molar refractivity (Wildman–Crippen MR) is 158 cm³/mol. The highest BCUT2D eigenvalue weighted by Gasteiger charge is 2.21. The second-order valence-electron chi connectivity index (χ2n) is 9.19. The van der Waals surface area contributed by atoms with Crippen molar-refractivity contribution in [2.24, 2.45) is 0 Å². The van der Waals surface area contributed by atoms with Crippen molar-refractivity contribution in [3.8, 4) is 23.0 Å². The first-order chi connectivity index (χ1) is 20.4. The molecular formula is C30H28ClFN4O6. The highest BCUT2D eigenvalue weighted by molar-refractivity contribution is 6.31. The quantitative estimate of drug-likeness (QED) is 0.213. The number of ether oxygens (including phenoxy) is 5. The van der Waals surface area contributed by atoms with Gasteiger partial charge in [0.1, 0.15) is 29.8 Å². The number of nitrogens with one attached hydrogen (secondary N) is 2. The number of benzene rings is 3. The Kier molecular flexibility index (Phi) is 8.89. The topological polar surface area (TPSA) is 113 Å². The van der Waals surface area contributed by atoms with Crippen molar-refractivity contribution in [3.05, 3.63) is 71.3 Å². The van der Waals surface area contributed by atoms with Crippen LogP contribution in [0.2, 0.25) is 5.02 Å². The van der Waals surface area contributed by atoms with Crippen LogP contribution in [-0.4, -0.2) is 56.5 Å². The van der Waals surface area contributed by atoms with E-state index in [1.807, 2.05) is 0 Å². The maximum Gasteiger partial charge on any atom is 0.248 e. The average Bonchev–Trinajstić information content (AvgIpc) is 3.51. The van der Waals surface area contributed by atoms with Gasteiger partial charge >= 0.3 is 0 Å². The molecule has 10 nitrogen and oxygen atoms in total. The van der Waals surface area contributed by atoms with Crippen molar-refractivity contribution in [1.82, 2.24) is 9.97 Å². The van der Waals surface area contributed by atoms with Crippen LogP contribution < -0.4 is 29.6 Å². The fourth-order valence-electron chi connectivity index (χ4n) is 4.47. The number of carbonyl (C=O) groups is 1. The molecule has 1 aliphatic rings. The molecule has 0 aliphatic carbocycles. The van der Waals surface area contributed by atoms with Gasteiger partial charge in [0.25, 0.3) is 0 Å². The molecule has 1 saturated heterocycles. The molecule has 5 rings (SSSR count). The van der Waals surface area contributed by atoms with Gasteiger partial charge in [-0.05, 0) is 42.5 Å². The minimum Gasteiger partial charge on any atom is -0.493 e. The number of rotatable bonds is 10. The van der Waals surface area contributed by atoms with Crippen LogP contribution in [0.15, 0.2) is 54.9 Å². The second-order valence-corrected chi connectivity index (χ2v) is 9.60. The molecule has 1 fully saturated rings. The van der Waals surface area contributed by atoms with Gasteiger partial charge in [-0.2, -0.15) is 0 Å². The molecule has 1 amide bonds. The normalized spacial score (nSPS) is 14.6. The Hall–Kier alpha value is -4.61. The van der Waals surface area contributed by atoms with Crippen LogP contribution in [0.25, 0.3) is 17.0 Å². The van der Waals surface area contributed by atoms with Gasteiger partial charge in [0.15, 0.2) is 11.5 Å². The molecule has 1 atom stereocenters. The first-order valence-electron chi connectivity index (χ1n) is 12.9. The van der Waals surface area contributed by atoms with Crippen LogP contribution in [0.4, 0.5) is 21.6 Å². The van der Waals surface area contributed by atoms with Crippen LogP contribution >= 0.6 is 11.6 Å². The highest BCUT2D eigenvalue weighted by atomic mass is 35.5. The highest BCUT2D eigenvalue weighted by Crippen LogP contribution is 2.40. The van der Waals surface area contributed by atoms with Gasteiger partial charge in [-0.25, -0.2) is 14.4 Å². The third kappa shape index (κ3) is 6.32. The van der Waals surface area contributed by atoms with E-state index < -0.39 is 11.7 Å². The fourth-order valence-corrected chi connectivity index (χ4v) is 4.65. The molecule has 4 aromatic rings. The van der Waals surface area contributed by atoms with Gasteiger partial charge in [0.05, 0.1) is 50.8 Å². The van der Waals surface area contributed by atoms with E-state index in [4.69, 9.17) is 35.3 Å². The monoisotopic (exact) mass is 594 g/mol. The Balaban J connectivity index is 1.47. The number of hydrogen-bond acceptors (Lipinski definition) is 9. The minimum atomic E-state index is -0.531. The first kappa shape index (κ1) is 28.9. The Morgan fingerprint density at radius 3 is 2.60 bits per heavy atom. The zero-order valence-electron chi connectivity index (χ0n) is 23.1. The maximum atomic E-state index is 13.7. The largest absolute Gasteiger partial charge is 0.493 e. The van der Waals surface area contributed by atoms with Gasteiger partial charge in [0, 0.05) is 35.2 Å². The number of hydrogen-bond donors (Lipinski definition) is 2. The molecule has 0 spiro atoms. The standard InChI is InChI=1S/C30H28ClFN4O6/c1-38-25-8-4-17(28(39-2)29(25)40-3)5-9-27(37)36-24-13-20-23(14-26(24)42-19-10-11-41-15-19)33-16-34-30(20)35-18-6-7-22(32)21(31)12-18/h4-9,12-14,16,19H,10-11,15H2,1-3H3,(H,36,37)(H,33,34,35). The van der Waals surface area contributed by atoms with Crippen molar-refractivity contribution >= 4 is 51.7 Å². The molecule has 0 radical (unpaired) electrons. The summed E-state index contributed by atoms with van der Waals surface area (Å²) in [5.74, 6) is 1.24. The van der Waals surface area contributed by atoms with E-state index in [1.54, 1.807) is 36.4 Å². The third-order valence-corrected chi connectivity index (χ3v) is 6.80. The van der Waals surface area contributed by atoms with E-state index in [0.717, 1.165) is 0 Å². The lowest BCUT2D eigenvalue weighted by molar-refractivity contribution is -0.111. The molecule has 1 aliphatic heterocycles. The number of nitrogens with zero attached hydrogens (tertiary/aromatic N) is 2. The van der Waals surface area contributed by atoms with Crippen LogP contribution in [0, 0.1) is 5.82 Å². The summed E-state index contributed by atoms with van der Waals surface area (Å²) in [6, 6.07) is 11.2. The van der Waals surface area contributed by atoms with Crippen molar-refractivity contribution < 1.29 is 32.9 Å². The number of aromatic nitrogens is 2. The van der Waals surface area contributed by atoms with Crippen molar-refractivity contribution in [3.63, 3.8) is 0 Å². The molecule has 2 heterocycles. The summed E-state index contributed by atoms with van der Waals surface area (Å²) in [5, 5.41) is 6.61.